The number of hydrogen-bond acceptors (Lipinski definition) is 3. The summed E-state index contributed by atoms with van der Waals surface area (Å²) in [6.07, 6.45) is 0.283. The van der Waals surface area contributed by atoms with Gasteiger partial charge in [-0.2, -0.15) is 0 Å². The molecule has 5 heteroatoms. The molecule has 2 rings (SSSR count). The quantitative estimate of drug-likeness (QED) is 0.763. The first-order valence-electron chi connectivity index (χ1n) is 6.53. The first kappa shape index (κ1) is 15.0. The Balaban J connectivity index is 1.99. The van der Waals surface area contributed by atoms with E-state index in [-0.39, 0.29) is 24.5 Å². The average molecular weight is 289 g/mol. The molecule has 0 spiro atoms. The summed E-state index contributed by atoms with van der Waals surface area (Å²) in [7, 11) is 0. The number of halogens is 1. The van der Waals surface area contributed by atoms with Crippen LogP contribution in [0.3, 0.4) is 0 Å². The highest BCUT2D eigenvalue weighted by Crippen LogP contribution is 2.12. The van der Waals surface area contributed by atoms with E-state index < -0.39 is 12.0 Å². The molecule has 0 aromatic heterocycles. The Morgan fingerprint density at radius 3 is 2.48 bits per heavy atom. The van der Waals surface area contributed by atoms with E-state index in [9.17, 15) is 19.4 Å². The molecule has 0 aliphatic rings. The summed E-state index contributed by atoms with van der Waals surface area (Å²) in [5.74, 6) is -1.18. The highest BCUT2D eigenvalue weighted by atomic mass is 19.1. The van der Waals surface area contributed by atoms with Crippen LogP contribution in [-0.4, -0.2) is 22.2 Å². The molecule has 4 nitrogen and oxygen atoms in total. The molecular formula is C16H16FNO3. The molecule has 1 atom stereocenters. The minimum atomic E-state index is -0.973. The number of aliphatic carboxylic acids is 1. The first-order chi connectivity index (χ1) is 10.0. The Labute approximate surface area is 121 Å². The van der Waals surface area contributed by atoms with E-state index in [0.29, 0.717) is 5.56 Å². The van der Waals surface area contributed by atoms with Gasteiger partial charge in [0.25, 0.3) is 0 Å². The summed E-state index contributed by atoms with van der Waals surface area (Å²) in [5.41, 5.74) is 1.49. The van der Waals surface area contributed by atoms with Crippen LogP contribution in [0.1, 0.15) is 11.1 Å². The number of nitrogens with one attached hydrogen (secondary N) is 1. The van der Waals surface area contributed by atoms with Gasteiger partial charge in [0.05, 0.1) is 0 Å². The summed E-state index contributed by atoms with van der Waals surface area (Å²) in [4.78, 5) is 11.3. The normalized spacial score (nSPS) is 12.0. The summed E-state index contributed by atoms with van der Waals surface area (Å²) >= 11 is 0. The van der Waals surface area contributed by atoms with Crippen LogP contribution in [0.4, 0.5) is 4.39 Å². The number of phenols is 1. The molecule has 21 heavy (non-hydrogen) atoms. The molecule has 0 bridgehead atoms. The Kier molecular flexibility index (Phi) is 4.90. The van der Waals surface area contributed by atoms with Gasteiger partial charge < -0.3 is 15.5 Å². The van der Waals surface area contributed by atoms with Gasteiger partial charge in [-0.05, 0) is 41.8 Å². The molecule has 1 unspecified atom stereocenters. The van der Waals surface area contributed by atoms with Gasteiger partial charge in [-0.1, -0.05) is 24.3 Å². The Bertz CT molecular complexity index is 613. The SMILES string of the molecule is O=C(O)C(Cc1ccc(O)cc1)NCc1cccc(F)c1. The smallest absolute Gasteiger partial charge is 0.321 e. The number of rotatable bonds is 6. The Hall–Kier alpha value is -2.40. The van der Waals surface area contributed by atoms with E-state index in [1.165, 1.54) is 24.3 Å². The van der Waals surface area contributed by atoms with Gasteiger partial charge in [0.15, 0.2) is 0 Å². The minimum absolute atomic E-state index is 0.137. The number of benzene rings is 2. The third-order valence-corrected chi connectivity index (χ3v) is 3.12. The number of carboxylic acid groups (broad SMARTS) is 1. The summed E-state index contributed by atoms with van der Waals surface area (Å²) in [6, 6.07) is 11.6. The molecule has 0 radical (unpaired) electrons. The van der Waals surface area contributed by atoms with Crippen molar-refractivity contribution in [2.45, 2.75) is 19.0 Å². The molecule has 2 aromatic carbocycles. The largest absolute Gasteiger partial charge is 0.508 e. The molecule has 110 valence electrons. The second kappa shape index (κ2) is 6.85. The molecule has 0 aliphatic carbocycles. The van der Waals surface area contributed by atoms with E-state index in [2.05, 4.69) is 5.32 Å². The maximum atomic E-state index is 13.1. The minimum Gasteiger partial charge on any atom is -0.508 e. The molecule has 2 aromatic rings. The van der Waals surface area contributed by atoms with Crippen molar-refractivity contribution in [1.82, 2.24) is 5.32 Å². The fourth-order valence-electron chi connectivity index (χ4n) is 2.00. The fraction of sp³-hybridized carbons (Fsp3) is 0.188. The topological polar surface area (TPSA) is 69.6 Å². The zero-order valence-electron chi connectivity index (χ0n) is 11.3. The lowest BCUT2D eigenvalue weighted by Gasteiger charge is -2.14. The van der Waals surface area contributed by atoms with Crippen molar-refractivity contribution in [3.05, 3.63) is 65.5 Å². The van der Waals surface area contributed by atoms with E-state index in [4.69, 9.17) is 0 Å². The standard InChI is InChI=1S/C16H16FNO3/c17-13-3-1-2-12(8-13)10-18-15(16(20)21)9-11-4-6-14(19)7-5-11/h1-8,15,18-19H,9-10H2,(H,20,21). The van der Waals surface area contributed by atoms with Crippen molar-refractivity contribution in [1.29, 1.82) is 0 Å². The highest BCUT2D eigenvalue weighted by molar-refractivity contribution is 5.73. The van der Waals surface area contributed by atoms with Crippen LogP contribution in [0.25, 0.3) is 0 Å². The van der Waals surface area contributed by atoms with Gasteiger partial charge in [-0.25, -0.2) is 4.39 Å². The predicted octanol–water partition coefficient (Wildman–Crippen LogP) is 2.32. The summed E-state index contributed by atoms with van der Waals surface area (Å²) < 4.78 is 13.1. The Morgan fingerprint density at radius 1 is 1.14 bits per heavy atom. The molecule has 0 aliphatic heterocycles. The third kappa shape index (κ3) is 4.57. The van der Waals surface area contributed by atoms with Crippen LogP contribution in [-0.2, 0) is 17.8 Å². The molecule has 0 saturated heterocycles. The second-order valence-corrected chi connectivity index (χ2v) is 4.77. The highest BCUT2D eigenvalue weighted by Gasteiger charge is 2.17. The second-order valence-electron chi connectivity index (χ2n) is 4.77. The van der Waals surface area contributed by atoms with Crippen molar-refractivity contribution < 1.29 is 19.4 Å². The van der Waals surface area contributed by atoms with Gasteiger partial charge in [0.1, 0.15) is 17.6 Å². The predicted molar refractivity (Wildman–Crippen MR) is 76.5 cm³/mol. The lowest BCUT2D eigenvalue weighted by atomic mass is 10.1. The van der Waals surface area contributed by atoms with Gasteiger partial charge >= 0.3 is 5.97 Å². The molecule has 0 heterocycles. The van der Waals surface area contributed by atoms with E-state index in [1.54, 1.807) is 24.3 Å². The van der Waals surface area contributed by atoms with Gasteiger partial charge in [0, 0.05) is 6.54 Å². The van der Waals surface area contributed by atoms with Crippen LogP contribution in [0.5, 0.6) is 5.75 Å². The number of hydrogen-bond donors (Lipinski definition) is 3. The Morgan fingerprint density at radius 2 is 1.86 bits per heavy atom. The number of carbonyl (C=O) groups is 1. The lowest BCUT2D eigenvalue weighted by Crippen LogP contribution is -2.38. The maximum Gasteiger partial charge on any atom is 0.321 e. The molecule has 0 fully saturated rings. The molecular weight excluding hydrogens is 273 g/mol. The number of phenolic OH excluding ortho intramolecular Hbond substituents is 1. The maximum absolute atomic E-state index is 13.1. The van der Waals surface area contributed by atoms with Crippen LogP contribution in [0.2, 0.25) is 0 Å². The average Bonchev–Trinajstić information content (AvgIpc) is 2.45. The molecule has 0 saturated carbocycles. The van der Waals surface area contributed by atoms with E-state index >= 15 is 0 Å². The van der Waals surface area contributed by atoms with Gasteiger partial charge in [0.2, 0.25) is 0 Å². The first-order valence-corrected chi connectivity index (χ1v) is 6.53. The van der Waals surface area contributed by atoms with Crippen molar-refractivity contribution in [2.24, 2.45) is 0 Å². The van der Waals surface area contributed by atoms with Crippen LogP contribution in [0.15, 0.2) is 48.5 Å². The van der Waals surface area contributed by atoms with Crippen LogP contribution >= 0.6 is 0 Å². The molecule has 0 amide bonds. The summed E-state index contributed by atoms with van der Waals surface area (Å²) in [5, 5.41) is 21.3. The van der Waals surface area contributed by atoms with Crippen molar-refractivity contribution in [3.63, 3.8) is 0 Å². The zero-order chi connectivity index (χ0) is 15.2. The van der Waals surface area contributed by atoms with Gasteiger partial charge in [-0.15, -0.1) is 0 Å². The van der Waals surface area contributed by atoms with Crippen LogP contribution < -0.4 is 5.32 Å². The number of aromatic hydroxyl groups is 1. The lowest BCUT2D eigenvalue weighted by molar-refractivity contribution is -0.139. The molecule has 3 N–H and O–H groups in total. The van der Waals surface area contributed by atoms with Crippen molar-refractivity contribution in [3.8, 4) is 5.75 Å². The van der Waals surface area contributed by atoms with E-state index in [1.807, 2.05) is 0 Å². The third-order valence-electron chi connectivity index (χ3n) is 3.12. The van der Waals surface area contributed by atoms with Gasteiger partial charge in [-0.3, -0.25) is 4.79 Å². The summed E-state index contributed by atoms with van der Waals surface area (Å²) in [6.45, 7) is 0.271. The fourth-order valence-corrected chi connectivity index (χ4v) is 2.00. The van der Waals surface area contributed by atoms with Crippen molar-refractivity contribution in [2.75, 3.05) is 0 Å². The monoisotopic (exact) mass is 289 g/mol. The zero-order valence-corrected chi connectivity index (χ0v) is 11.3. The van der Waals surface area contributed by atoms with Crippen molar-refractivity contribution >= 4 is 5.97 Å². The van der Waals surface area contributed by atoms with Crippen LogP contribution in [0, 0.1) is 5.82 Å². The van der Waals surface area contributed by atoms with E-state index in [0.717, 1.165) is 5.56 Å². The number of carboxylic acids is 1.